The first-order valence-corrected chi connectivity index (χ1v) is 9.63. The summed E-state index contributed by atoms with van der Waals surface area (Å²) in [7, 11) is 1.85. The van der Waals surface area contributed by atoms with Crippen molar-refractivity contribution in [2.45, 2.75) is 17.3 Å². The van der Waals surface area contributed by atoms with E-state index in [2.05, 4.69) is 15.5 Å². The van der Waals surface area contributed by atoms with Crippen LogP contribution in [0.4, 0.5) is 5.69 Å². The van der Waals surface area contributed by atoms with Crippen molar-refractivity contribution < 1.29 is 9.59 Å². The Morgan fingerprint density at radius 3 is 2.36 bits per heavy atom. The maximum absolute atomic E-state index is 12.5. The number of hydrogen-bond acceptors (Lipinski definition) is 5. The van der Waals surface area contributed by atoms with Crippen LogP contribution in [0.25, 0.3) is 11.4 Å². The van der Waals surface area contributed by atoms with Crippen LogP contribution in [0.5, 0.6) is 0 Å². The monoisotopic (exact) mass is 415 g/mol. The number of nitrogens with zero attached hydrogens (tertiary/aromatic N) is 3. The fourth-order valence-corrected chi connectivity index (χ4v) is 3.38. The molecule has 0 radical (unpaired) electrons. The largest absolute Gasteiger partial charge is 0.366 e. The average molecular weight is 416 g/mol. The topological polar surface area (TPSA) is 103 Å². The van der Waals surface area contributed by atoms with Crippen molar-refractivity contribution in [3.63, 3.8) is 0 Å². The lowest BCUT2D eigenvalue weighted by Crippen LogP contribution is -2.23. The van der Waals surface area contributed by atoms with E-state index in [1.54, 1.807) is 43.3 Å². The molecule has 1 aromatic heterocycles. The van der Waals surface area contributed by atoms with Crippen molar-refractivity contribution >= 4 is 40.9 Å². The van der Waals surface area contributed by atoms with Crippen LogP contribution in [-0.2, 0) is 11.8 Å². The molecule has 28 heavy (non-hydrogen) atoms. The maximum atomic E-state index is 12.5. The van der Waals surface area contributed by atoms with Crippen molar-refractivity contribution in [3.05, 3.63) is 59.1 Å². The Bertz CT molecular complexity index is 1000. The molecular weight excluding hydrogens is 398 g/mol. The first-order valence-electron chi connectivity index (χ1n) is 8.38. The van der Waals surface area contributed by atoms with Crippen molar-refractivity contribution in [2.24, 2.45) is 12.8 Å². The molecule has 0 fully saturated rings. The van der Waals surface area contributed by atoms with Crippen molar-refractivity contribution in [1.29, 1.82) is 0 Å². The van der Waals surface area contributed by atoms with Gasteiger partial charge in [-0.2, -0.15) is 0 Å². The molecule has 3 rings (SSSR count). The molecule has 0 aliphatic heterocycles. The van der Waals surface area contributed by atoms with Gasteiger partial charge >= 0.3 is 0 Å². The van der Waals surface area contributed by atoms with Gasteiger partial charge in [-0.1, -0.05) is 23.4 Å². The number of carbonyl (C=O) groups excluding carboxylic acids is 2. The van der Waals surface area contributed by atoms with E-state index >= 15 is 0 Å². The third-order valence-electron chi connectivity index (χ3n) is 4.03. The summed E-state index contributed by atoms with van der Waals surface area (Å²) in [6.07, 6.45) is 0. The zero-order chi connectivity index (χ0) is 20.3. The highest BCUT2D eigenvalue weighted by atomic mass is 35.5. The highest BCUT2D eigenvalue weighted by Gasteiger charge is 2.19. The molecule has 3 N–H and O–H groups in total. The first kappa shape index (κ1) is 19.9. The number of thioether (sulfide) groups is 1. The molecule has 0 saturated carbocycles. The van der Waals surface area contributed by atoms with Crippen LogP contribution in [-0.4, -0.2) is 31.8 Å². The lowest BCUT2D eigenvalue weighted by Gasteiger charge is -2.12. The molecule has 144 valence electrons. The summed E-state index contributed by atoms with van der Waals surface area (Å²) >= 11 is 7.23. The van der Waals surface area contributed by atoms with Crippen LogP contribution in [0.2, 0.25) is 5.02 Å². The molecule has 2 aromatic carbocycles. The van der Waals surface area contributed by atoms with E-state index in [-0.39, 0.29) is 5.91 Å². The molecule has 0 aliphatic rings. The SMILES string of the molecule is C[C@@H](Sc1nnc(-c2ccc(Cl)cc2)n1C)C(=O)Nc1ccc(C(N)=O)cc1. The molecule has 1 heterocycles. The van der Waals surface area contributed by atoms with Crippen LogP contribution < -0.4 is 11.1 Å². The molecule has 0 spiro atoms. The van der Waals surface area contributed by atoms with Crippen LogP contribution in [0.1, 0.15) is 17.3 Å². The summed E-state index contributed by atoms with van der Waals surface area (Å²) in [4.78, 5) is 23.6. The number of amides is 2. The van der Waals surface area contributed by atoms with Gasteiger partial charge in [0.1, 0.15) is 0 Å². The van der Waals surface area contributed by atoms with E-state index in [1.165, 1.54) is 11.8 Å². The minimum absolute atomic E-state index is 0.187. The van der Waals surface area contributed by atoms with Gasteiger partial charge in [0.25, 0.3) is 0 Å². The Morgan fingerprint density at radius 2 is 1.75 bits per heavy atom. The fourth-order valence-electron chi connectivity index (χ4n) is 2.44. The number of rotatable bonds is 6. The van der Waals surface area contributed by atoms with E-state index in [0.29, 0.717) is 27.3 Å². The van der Waals surface area contributed by atoms with Gasteiger partial charge in [-0.3, -0.25) is 9.59 Å². The Balaban J connectivity index is 1.67. The van der Waals surface area contributed by atoms with E-state index < -0.39 is 11.2 Å². The lowest BCUT2D eigenvalue weighted by molar-refractivity contribution is -0.115. The van der Waals surface area contributed by atoms with E-state index in [4.69, 9.17) is 17.3 Å². The molecule has 1 atom stereocenters. The smallest absolute Gasteiger partial charge is 0.248 e. The Kier molecular flexibility index (Phi) is 6.01. The lowest BCUT2D eigenvalue weighted by atomic mass is 10.2. The molecule has 0 saturated heterocycles. The van der Waals surface area contributed by atoms with Gasteiger partial charge in [-0.25, -0.2) is 0 Å². The van der Waals surface area contributed by atoms with Crippen LogP contribution >= 0.6 is 23.4 Å². The second-order valence-corrected chi connectivity index (χ2v) is 7.81. The number of nitrogens with one attached hydrogen (secondary N) is 1. The fraction of sp³-hybridized carbons (Fsp3) is 0.158. The standard InChI is InChI=1S/C19H18ClN5O2S/c1-11(18(27)22-15-9-5-12(6-10-15)16(21)26)28-19-24-23-17(25(19)2)13-3-7-14(20)8-4-13/h3-11H,1-2H3,(H2,21,26)(H,22,27)/t11-/m1/s1. The molecule has 9 heteroatoms. The Morgan fingerprint density at radius 1 is 1.11 bits per heavy atom. The second kappa shape index (κ2) is 8.45. The van der Waals surface area contributed by atoms with Gasteiger partial charge in [-0.15, -0.1) is 10.2 Å². The quantitative estimate of drug-likeness (QED) is 0.601. The predicted octanol–water partition coefficient (Wildman–Crippen LogP) is 3.35. The highest BCUT2D eigenvalue weighted by Crippen LogP contribution is 2.27. The first-order chi connectivity index (χ1) is 13.3. The van der Waals surface area contributed by atoms with Gasteiger partial charge in [0, 0.05) is 28.9 Å². The molecule has 3 aromatic rings. The third kappa shape index (κ3) is 4.52. The molecule has 0 aliphatic carbocycles. The maximum Gasteiger partial charge on any atom is 0.248 e. The Labute approximate surface area is 171 Å². The number of hydrogen-bond donors (Lipinski definition) is 2. The number of halogens is 1. The summed E-state index contributed by atoms with van der Waals surface area (Å²) in [5.41, 5.74) is 7.07. The summed E-state index contributed by atoms with van der Waals surface area (Å²) < 4.78 is 1.83. The van der Waals surface area contributed by atoms with E-state index in [0.717, 1.165) is 5.56 Å². The average Bonchev–Trinajstić information content (AvgIpc) is 3.03. The molecule has 0 bridgehead atoms. The van der Waals surface area contributed by atoms with Gasteiger partial charge in [0.15, 0.2) is 11.0 Å². The highest BCUT2D eigenvalue weighted by molar-refractivity contribution is 8.00. The molecule has 2 amide bonds. The summed E-state index contributed by atoms with van der Waals surface area (Å²) in [6.45, 7) is 1.79. The summed E-state index contributed by atoms with van der Waals surface area (Å²) in [5, 5.41) is 12.1. The zero-order valence-corrected chi connectivity index (χ0v) is 16.8. The van der Waals surface area contributed by atoms with Crippen LogP contribution in [0, 0.1) is 0 Å². The molecule has 0 unspecified atom stereocenters. The van der Waals surface area contributed by atoms with E-state index in [9.17, 15) is 9.59 Å². The molecular formula is C19H18ClN5O2S. The predicted molar refractivity (Wildman–Crippen MR) is 110 cm³/mol. The van der Waals surface area contributed by atoms with Gasteiger partial charge in [-0.05, 0) is 55.5 Å². The molecule has 7 nitrogen and oxygen atoms in total. The third-order valence-corrected chi connectivity index (χ3v) is 5.41. The minimum atomic E-state index is -0.513. The number of carbonyl (C=O) groups is 2. The number of benzene rings is 2. The number of primary amides is 1. The van der Waals surface area contributed by atoms with Crippen LogP contribution in [0.15, 0.2) is 53.7 Å². The zero-order valence-electron chi connectivity index (χ0n) is 15.2. The second-order valence-electron chi connectivity index (χ2n) is 6.06. The van der Waals surface area contributed by atoms with Gasteiger partial charge < -0.3 is 15.6 Å². The van der Waals surface area contributed by atoms with Crippen molar-refractivity contribution in [1.82, 2.24) is 14.8 Å². The van der Waals surface area contributed by atoms with Gasteiger partial charge in [0.2, 0.25) is 11.8 Å². The van der Waals surface area contributed by atoms with Crippen LogP contribution in [0.3, 0.4) is 0 Å². The number of nitrogens with two attached hydrogens (primary N) is 1. The van der Waals surface area contributed by atoms with E-state index in [1.807, 2.05) is 23.7 Å². The number of anilines is 1. The summed E-state index contributed by atoms with van der Waals surface area (Å²) in [6, 6.07) is 13.7. The van der Waals surface area contributed by atoms with Crippen molar-refractivity contribution in [3.8, 4) is 11.4 Å². The Hall–Kier alpha value is -2.84. The number of aromatic nitrogens is 3. The normalized spacial score (nSPS) is 11.8. The van der Waals surface area contributed by atoms with Gasteiger partial charge in [0.05, 0.1) is 5.25 Å². The van der Waals surface area contributed by atoms with Crippen molar-refractivity contribution in [2.75, 3.05) is 5.32 Å². The summed E-state index contributed by atoms with van der Waals surface area (Å²) in [5.74, 6) is -0.0118. The minimum Gasteiger partial charge on any atom is -0.366 e.